The quantitative estimate of drug-likeness (QED) is 0.432. The molecule has 2 atom stereocenters. The van der Waals surface area contributed by atoms with Crippen LogP contribution in [0.25, 0.3) is 16.9 Å². The Morgan fingerprint density at radius 1 is 1.12 bits per heavy atom. The highest BCUT2D eigenvalue weighted by molar-refractivity contribution is 5.84. The Kier molecular flexibility index (Phi) is 7.90. The number of fused-ring (bicyclic) bond motifs is 1. The first-order chi connectivity index (χ1) is 19.4. The summed E-state index contributed by atoms with van der Waals surface area (Å²) in [4.78, 5) is 28.1. The van der Waals surface area contributed by atoms with E-state index in [1.807, 2.05) is 4.90 Å². The third kappa shape index (κ3) is 5.79. The van der Waals surface area contributed by atoms with Crippen LogP contribution in [0.1, 0.15) is 50.8 Å². The van der Waals surface area contributed by atoms with Crippen LogP contribution in [-0.2, 0) is 9.53 Å². The molecular weight excluding hydrogens is 522 g/mol. The standard InChI is InChI=1S/C28H34F2N6O4/c29-26(30)27-32-20-3-1-2-4-22(20)36(27)24-15-25(34-28(33-24)35-9-11-39-12-10-35)40-19-7-5-17(6-8-19)13-23(38)21-14-18(37)16-31-21/h1-4,15,17-19,21,26,31,37H,5-14,16H2/t17?,18-,19?,21-/m0/s1. The Hall–Kier alpha value is -3.22. The number of anilines is 1. The lowest BCUT2D eigenvalue weighted by atomic mass is 9.83. The van der Waals surface area contributed by atoms with E-state index in [0.717, 1.165) is 25.7 Å². The average Bonchev–Trinajstić information content (AvgIpc) is 3.58. The number of ketones is 1. The number of carbonyl (C=O) groups excluding carboxylic acids is 1. The summed E-state index contributed by atoms with van der Waals surface area (Å²) < 4.78 is 41.4. The predicted molar refractivity (Wildman–Crippen MR) is 143 cm³/mol. The lowest BCUT2D eigenvalue weighted by Gasteiger charge is -2.30. The minimum absolute atomic E-state index is 0.104. The van der Waals surface area contributed by atoms with E-state index in [0.29, 0.717) is 68.6 Å². The van der Waals surface area contributed by atoms with E-state index in [-0.39, 0.29) is 35.5 Å². The molecule has 0 amide bonds. The van der Waals surface area contributed by atoms with Crippen molar-refractivity contribution < 1.29 is 28.2 Å². The van der Waals surface area contributed by atoms with Crippen LogP contribution in [0.3, 0.4) is 0 Å². The number of rotatable bonds is 8. The van der Waals surface area contributed by atoms with Crippen molar-refractivity contribution in [3.63, 3.8) is 0 Å². The largest absolute Gasteiger partial charge is 0.474 e. The Morgan fingerprint density at radius 2 is 1.90 bits per heavy atom. The van der Waals surface area contributed by atoms with Crippen LogP contribution < -0.4 is 15.0 Å². The number of imidazole rings is 1. The second kappa shape index (κ2) is 11.7. The van der Waals surface area contributed by atoms with Crippen molar-refractivity contribution in [3.05, 3.63) is 36.2 Å². The number of nitrogens with zero attached hydrogens (tertiary/aromatic N) is 5. The number of halogens is 2. The monoisotopic (exact) mass is 556 g/mol. The van der Waals surface area contributed by atoms with Gasteiger partial charge in [0.15, 0.2) is 5.82 Å². The maximum atomic E-state index is 14.1. The summed E-state index contributed by atoms with van der Waals surface area (Å²) in [5.41, 5.74) is 0.992. The van der Waals surface area contributed by atoms with Gasteiger partial charge in [-0.1, -0.05) is 12.1 Å². The molecule has 0 unspecified atom stereocenters. The van der Waals surface area contributed by atoms with Gasteiger partial charge in [-0.05, 0) is 50.2 Å². The molecule has 1 aliphatic carbocycles. The molecule has 10 nitrogen and oxygen atoms in total. The summed E-state index contributed by atoms with van der Waals surface area (Å²) in [5.74, 6) is 1.07. The van der Waals surface area contributed by atoms with E-state index < -0.39 is 12.5 Å². The molecule has 0 radical (unpaired) electrons. The minimum Gasteiger partial charge on any atom is -0.474 e. The first-order valence-corrected chi connectivity index (χ1v) is 14.0. The average molecular weight is 557 g/mol. The number of morpholine rings is 1. The molecule has 2 aliphatic heterocycles. The van der Waals surface area contributed by atoms with E-state index in [2.05, 4.69) is 20.3 Å². The second-order valence-corrected chi connectivity index (χ2v) is 10.8. The van der Waals surface area contributed by atoms with Crippen LogP contribution in [0.2, 0.25) is 0 Å². The summed E-state index contributed by atoms with van der Waals surface area (Å²) in [6.45, 7) is 2.69. The Labute approximate surface area is 230 Å². The van der Waals surface area contributed by atoms with Crippen LogP contribution in [0.5, 0.6) is 5.88 Å². The molecule has 214 valence electrons. The molecule has 0 spiro atoms. The lowest BCUT2D eigenvalue weighted by molar-refractivity contribution is -0.122. The summed E-state index contributed by atoms with van der Waals surface area (Å²) in [7, 11) is 0. The third-order valence-electron chi connectivity index (χ3n) is 8.05. The number of para-hydroxylation sites is 2. The number of β-amino-alcohol motifs (C(OH)–C–C–N with tert-alkyl or cyclic N) is 1. The maximum Gasteiger partial charge on any atom is 0.296 e. The van der Waals surface area contributed by atoms with Gasteiger partial charge in [-0.3, -0.25) is 9.36 Å². The number of aromatic nitrogens is 4. The fourth-order valence-corrected chi connectivity index (χ4v) is 5.93. The van der Waals surface area contributed by atoms with Crippen LogP contribution in [0, 0.1) is 5.92 Å². The van der Waals surface area contributed by atoms with Crippen molar-refractivity contribution in [2.24, 2.45) is 5.92 Å². The van der Waals surface area contributed by atoms with Crippen LogP contribution >= 0.6 is 0 Å². The van der Waals surface area contributed by atoms with Crippen LogP contribution in [-0.4, -0.2) is 81.5 Å². The number of hydrogen-bond donors (Lipinski definition) is 2. The highest BCUT2D eigenvalue weighted by atomic mass is 19.3. The molecule has 3 fully saturated rings. The van der Waals surface area contributed by atoms with Gasteiger partial charge in [0, 0.05) is 32.1 Å². The van der Waals surface area contributed by atoms with Gasteiger partial charge < -0.3 is 24.8 Å². The zero-order chi connectivity index (χ0) is 27.6. The van der Waals surface area contributed by atoms with E-state index in [1.165, 1.54) is 4.57 Å². The molecule has 40 heavy (non-hydrogen) atoms. The highest BCUT2D eigenvalue weighted by Gasteiger charge is 2.32. The van der Waals surface area contributed by atoms with Gasteiger partial charge in [0.2, 0.25) is 11.8 Å². The minimum atomic E-state index is -2.79. The molecule has 3 aliphatic rings. The molecule has 2 saturated heterocycles. The Bertz CT molecular complexity index is 1340. The predicted octanol–water partition coefficient (Wildman–Crippen LogP) is 3.21. The second-order valence-electron chi connectivity index (χ2n) is 10.8. The van der Waals surface area contributed by atoms with E-state index in [1.54, 1.807) is 30.3 Å². The van der Waals surface area contributed by atoms with Gasteiger partial charge >= 0.3 is 0 Å². The van der Waals surface area contributed by atoms with E-state index in [4.69, 9.17) is 9.47 Å². The summed E-state index contributed by atoms with van der Waals surface area (Å²) in [5, 5.41) is 12.8. The lowest BCUT2D eigenvalue weighted by Crippen LogP contribution is -2.37. The molecular formula is C28H34F2N6O4. The smallest absolute Gasteiger partial charge is 0.296 e. The number of benzene rings is 1. The van der Waals surface area contributed by atoms with Crippen molar-refractivity contribution in [2.45, 2.75) is 63.2 Å². The van der Waals surface area contributed by atoms with Crippen molar-refractivity contribution in [1.29, 1.82) is 0 Å². The number of Topliss-reactive ketones (excluding diaryl/α,β-unsaturated/α-hetero) is 1. The number of hydrogen-bond acceptors (Lipinski definition) is 9. The molecule has 1 saturated carbocycles. The fourth-order valence-electron chi connectivity index (χ4n) is 5.93. The van der Waals surface area contributed by atoms with Crippen molar-refractivity contribution >= 4 is 22.8 Å². The van der Waals surface area contributed by atoms with Gasteiger partial charge in [0.25, 0.3) is 6.43 Å². The SMILES string of the molecule is O=C(CC1CCC(Oc2cc(-n3c(C(F)F)nc4ccccc43)nc(N3CCOCC3)n2)CC1)[C@@H]1C[C@H](O)CN1. The van der Waals surface area contributed by atoms with Crippen molar-refractivity contribution in [1.82, 2.24) is 24.8 Å². The summed E-state index contributed by atoms with van der Waals surface area (Å²) in [6.07, 6.45) is 0.867. The maximum absolute atomic E-state index is 14.1. The molecule has 12 heteroatoms. The zero-order valence-corrected chi connectivity index (χ0v) is 22.2. The van der Waals surface area contributed by atoms with Gasteiger partial charge in [0.1, 0.15) is 17.7 Å². The van der Waals surface area contributed by atoms with Gasteiger partial charge in [0.05, 0.1) is 36.4 Å². The fraction of sp³-hybridized carbons (Fsp3) is 0.571. The topological polar surface area (TPSA) is 115 Å². The number of aliphatic hydroxyl groups excluding tert-OH is 1. The normalized spacial score (nSPS) is 25.6. The van der Waals surface area contributed by atoms with Gasteiger partial charge in [-0.2, -0.15) is 9.97 Å². The molecule has 3 aromatic rings. The number of ether oxygens (including phenoxy) is 2. The number of carbonyl (C=O) groups is 1. The molecule has 2 aromatic heterocycles. The van der Waals surface area contributed by atoms with Gasteiger partial charge in [-0.25, -0.2) is 13.8 Å². The van der Waals surface area contributed by atoms with E-state index in [9.17, 15) is 18.7 Å². The Morgan fingerprint density at radius 3 is 2.62 bits per heavy atom. The Balaban J connectivity index is 1.22. The van der Waals surface area contributed by atoms with Crippen LogP contribution in [0.4, 0.5) is 14.7 Å². The molecule has 4 heterocycles. The molecule has 6 rings (SSSR count). The number of alkyl halides is 2. The van der Waals surface area contributed by atoms with Crippen molar-refractivity contribution in [3.8, 4) is 11.7 Å². The number of nitrogens with one attached hydrogen (secondary N) is 1. The summed E-state index contributed by atoms with van der Waals surface area (Å²) >= 11 is 0. The van der Waals surface area contributed by atoms with E-state index >= 15 is 0 Å². The molecule has 1 aromatic carbocycles. The van der Waals surface area contributed by atoms with Crippen LogP contribution in [0.15, 0.2) is 30.3 Å². The summed E-state index contributed by atoms with van der Waals surface area (Å²) in [6, 6.07) is 8.35. The first-order valence-electron chi connectivity index (χ1n) is 14.0. The highest BCUT2D eigenvalue weighted by Crippen LogP contribution is 2.33. The van der Waals surface area contributed by atoms with Gasteiger partial charge in [-0.15, -0.1) is 0 Å². The first kappa shape index (κ1) is 27.0. The molecule has 0 bridgehead atoms. The number of aliphatic hydroxyl groups is 1. The zero-order valence-electron chi connectivity index (χ0n) is 22.2. The molecule has 2 N–H and O–H groups in total. The third-order valence-corrected chi connectivity index (χ3v) is 8.05. The van der Waals surface area contributed by atoms with Crippen molar-refractivity contribution in [2.75, 3.05) is 37.7 Å².